The van der Waals surface area contributed by atoms with Crippen molar-refractivity contribution in [3.05, 3.63) is 29.8 Å². The van der Waals surface area contributed by atoms with E-state index in [1.165, 1.54) is 0 Å². The fourth-order valence-electron chi connectivity index (χ4n) is 1.71. The van der Waals surface area contributed by atoms with E-state index >= 15 is 0 Å². The van der Waals surface area contributed by atoms with Crippen LogP contribution in [0.5, 0.6) is 5.75 Å². The minimum atomic E-state index is 0.295. The summed E-state index contributed by atoms with van der Waals surface area (Å²) < 4.78 is 11.1. The van der Waals surface area contributed by atoms with Gasteiger partial charge < -0.3 is 14.4 Å². The molecule has 0 radical (unpaired) electrons. The van der Waals surface area contributed by atoms with Crippen molar-refractivity contribution < 1.29 is 9.47 Å². The SMILES string of the molecule is CC(C)OCCN(C)CCCOc1ccc(C#N)cc1. The summed E-state index contributed by atoms with van der Waals surface area (Å²) in [5.41, 5.74) is 0.655. The lowest BCUT2D eigenvalue weighted by atomic mass is 10.2. The van der Waals surface area contributed by atoms with Crippen LogP contribution in [0.15, 0.2) is 24.3 Å². The highest BCUT2D eigenvalue weighted by atomic mass is 16.5. The molecule has 1 aromatic carbocycles. The number of ether oxygens (including phenoxy) is 2. The molecule has 0 aliphatic heterocycles. The van der Waals surface area contributed by atoms with Crippen LogP contribution in [0.4, 0.5) is 0 Å². The Morgan fingerprint density at radius 3 is 2.45 bits per heavy atom. The number of hydrogen-bond donors (Lipinski definition) is 0. The number of rotatable bonds is 9. The molecule has 0 unspecified atom stereocenters. The van der Waals surface area contributed by atoms with Crippen LogP contribution in [0.1, 0.15) is 25.8 Å². The molecule has 0 amide bonds. The van der Waals surface area contributed by atoms with Crippen LogP contribution in [0.25, 0.3) is 0 Å². The van der Waals surface area contributed by atoms with Crippen molar-refractivity contribution in [3.8, 4) is 11.8 Å². The second-order valence-electron chi connectivity index (χ2n) is 5.06. The third-order valence-electron chi connectivity index (χ3n) is 2.86. The first-order valence-corrected chi connectivity index (χ1v) is 7.05. The van der Waals surface area contributed by atoms with E-state index in [0.29, 0.717) is 18.3 Å². The molecule has 1 aromatic rings. The lowest BCUT2D eigenvalue weighted by Gasteiger charge is -2.17. The van der Waals surface area contributed by atoms with Crippen LogP contribution >= 0.6 is 0 Å². The van der Waals surface area contributed by atoms with E-state index in [9.17, 15) is 0 Å². The lowest BCUT2D eigenvalue weighted by molar-refractivity contribution is 0.0630. The van der Waals surface area contributed by atoms with Gasteiger partial charge in [0.05, 0.1) is 31.0 Å². The summed E-state index contributed by atoms with van der Waals surface area (Å²) in [5, 5.41) is 8.70. The smallest absolute Gasteiger partial charge is 0.119 e. The Balaban J connectivity index is 2.10. The molecule has 20 heavy (non-hydrogen) atoms. The van der Waals surface area contributed by atoms with Gasteiger partial charge in [-0.2, -0.15) is 5.26 Å². The minimum absolute atomic E-state index is 0.295. The second kappa shape index (κ2) is 9.35. The Labute approximate surface area is 121 Å². The molecule has 0 spiro atoms. The maximum absolute atomic E-state index is 8.70. The Morgan fingerprint density at radius 1 is 1.15 bits per heavy atom. The third kappa shape index (κ3) is 7.13. The van der Waals surface area contributed by atoms with Gasteiger partial charge in [0.2, 0.25) is 0 Å². The number of likely N-dealkylation sites (N-methyl/N-ethyl adjacent to an activating group) is 1. The topological polar surface area (TPSA) is 45.5 Å². The predicted octanol–water partition coefficient (Wildman–Crippen LogP) is 2.68. The minimum Gasteiger partial charge on any atom is -0.494 e. The molecule has 0 saturated carbocycles. The quantitative estimate of drug-likeness (QED) is 0.651. The van der Waals surface area contributed by atoms with E-state index in [2.05, 4.69) is 18.0 Å². The molecular formula is C16H24N2O2. The van der Waals surface area contributed by atoms with Gasteiger partial charge in [-0.15, -0.1) is 0 Å². The molecule has 0 aromatic heterocycles. The molecule has 0 aliphatic rings. The first kappa shape index (κ1) is 16.5. The molecule has 4 heteroatoms. The van der Waals surface area contributed by atoms with Crippen molar-refractivity contribution in [3.63, 3.8) is 0 Å². The van der Waals surface area contributed by atoms with E-state index in [0.717, 1.165) is 31.9 Å². The first-order chi connectivity index (χ1) is 9.61. The highest BCUT2D eigenvalue weighted by Crippen LogP contribution is 2.11. The zero-order chi connectivity index (χ0) is 14.8. The summed E-state index contributed by atoms with van der Waals surface area (Å²) >= 11 is 0. The molecule has 0 N–H and O–H groups in total. The molecule has 110 valence electrons. The maximum atomic E-state index is 8.70. The summed E-state index contributed by atoms with van der Waals surface area (Å²) in [5.74, 6) is 0.815. The van der Waals surface area contributed by atoms with Crippen LogP contribution in [0.3, 0.4) is 0 Å². The van der Waals surface area contributed by atoms with Crippen molar-refractivity contribution in [1.29, 1.82) is 5.26 Å². The molecule has 1 rings (SSSR count). The summed E-state index contributed by atoms with van der Waals surface area (Å²) in [7, 11) is 2.09. The standard InChI is InChI=1S/C16H24N2O2/c1-14(2)19-12-10-18(3)9-4-11-20-16-7-5-15(13-17)6-8-16/h5-8,14H,4,9-12H2,1-3H3. The Bertz CT molecular complexity index is 409. The summed E-state index contributed by atoms with van der Waals surface area (Å²) in [6.45, 7) is 7.47. The number of nitrogens with zero attached hydrogens (tertiary/aromatic N) is 2. The highest BCUT2D eigenvalue weighted by Gasteiger charge is 2.00. The van der Waals surface area contributed by atoms with Crippen LogP contribution in [0, 0.1) is 11.3 Å². The molecule has 0 heterocycles. The molecule has 0 bridgehead atoms. The van der Waals surface area contributed by atoms with Crippen LogP contribution < -0.4 is 4.74 Å². The zero-order valence-corrected chi connectivity index (χ0v) is 12.6. The molecule has 0 fully saturated rings. The number of hydrogen-bond acceptors (Lipinski definition) is 4. The van der Waals surface area contributed by atoms with E-state index < -0.39 is 0 Å². The summed E-state index contributed by atoms with van der Waals surface area (Å²) in [6, 6.07) is 9.29. The first-order valence-electron chi connectivity index (χ1n) is 7.05. The van der Waals surface area contributed by atoms with Crippen LogP contribution in [-0.4, -0.2) is 44.4 Å². The fourth-order valence-corrected chi connectivity index (χ4v) is 1.71. The number of benzene rings is 1. The van der Waals surface area contributed by atoms with Gasteiger partial charge in [0.1, 0.15) is 5.75 Å². The zero-order valence-electron chi connectivity index (χ0n) is 12.6. The van der Waals surface area contributed by atoms with Crippen LogP contribution in [-0.2, 0) is 4.74 Å². The van der Waals surface area contributed by atoms with E-state index in [4.69, 9.17) is 14.7 Å². The van der Waals surface area contributed by atoms with Crippen molar-refractivity contribution in [2.75, 3.05) is 33.4 Å². The highest BCUT2D eigenvalue weighted by molar-refractivity contribution is 5.34. The molecule has 4 nitrogen and oxygen atoms in total. The predicted molar refractivity (Wildman–Crippen MR) is 79.9 cm³/mol. The van der Waals surface area contributed by atoms with Gasteiger partial charge in [-0.05, 0) is 51.6 Å². The normalized spacial score (nSPS) is 10.8. The van der Waals surface area contributed by atoms with Crippen LogP contribution in [0.2, 0.25) is 0 Å². The van der Waals surface area contributed by atoms with Crippen molar-refractivity contribution in [1.82, 2.24) is 4.90 Å². The van der Waals surface area contributed by atoms with Crippen molar-refractivity contribution in [2.24, 2.45) is 0 Å². The lowest BCUT2D eigenvalue weighted by Crippen LogP contribution is -2.26. The largest absolute Gasteiger partial charge is 0.494 e. The Morgan fingerprint density at radius 2 is 1.85 bits per heavy atom. The number of nitriles is 1. The average Bonchev–Trinajstić information content (AvgIpc) is 2.44. The monoisotopic (exact) mass is 276 g/mol. The van der Waals surface area contributed by atoms with Crippen molar-refractivity contribution >= 4 is 0 Å². The molecular weight excluding hydrogens is 252 g/mol. The molecule has 0 atom stereocenters. The van der Waals surface area contributed by atoms with Gasteiger partial charge in [0.25, 0.3) is 0 Å². The van der Waals surface area contributed by atoms with E-state index in [1.54, 1.807) is 12.1 Å². The maximum Gasteiger partial charge on any atom is 0.119 e. The van der Waals surface area contributed by atoms with Gasteiger partial charge >= 0.3 is 0 Å². The van der Waals surface area contributed by atoms with Gasteiger partial charge in [-0.1, -0.05) is 0 Å². The molecule has 0 aliphatic carbocycles. The van der Waals surface area contributed by atoms with Gasteiger partial charge in [0, 0.05) is 13.1 Å². The Hall–Kier alpha value is -1.57. The fraction of sp³-hybridized carbons (Fsp3) is 0.562. The van der Waals surface area contributed by atoms with E-state index in [-0.39, 0.29) is 0 Å². The van der Waals surface area contributed by atoms with Gasteiger partial charge in [-0.3, -0.25) is 0 Å². The Kier molecular flexibility index (Phi) is 7.71. The van der Waals surface area contributed by atoms with Gasteiger partial charge in [0.15, 0.2) is 0 Å². The third-order valence-corrected chi connectivity index (χ3v) is 2.86. The summed E-state index contributed by atoms with van der Waals surface area (Å²) in [4.78, 5) is 2.24. The van der Waals surface area contributed by atoms with Gasteiger partial charge in [-0.25, -0.2) is 0 Å². The second-order valence-corrected chi connectivity index (χ2v) is 5.06. The average molecular weight is 276 g/mol. The van der Waals surface area contributed by atoms with Crippen molar-refractivity contribution in [2.45, 2.75) is 26.4 Å². The van der Waals surface area contributed by atoms with E-state index in [1.807, 2.05) is 26.0 Å². The molecule has 0 saturated heterocycles. The summed E-state index contributed by atoms with van der Waals surface area (Å²) in [6.07, 6.45) is 1.26.